The van der Waals surface area contributed by atoms with Gasteiger partial charge in [0.25, 0.3) is 0 Å². The van der Waals surface area contributed by atoms with E-state index in [2.05, 4.69) is 12.2 Å². The largest absolute Gasteiger partial charge is 0.381 e. The average molecular weight is 260 g/mol. The van der Waals surface area contributed by atoms with Crippen LogP contribution < -0.4 is 5.32 Å². The highest BCUT2D eigenvalue weighted by Gasteiger charge is 2.04. The van der Waals surface area contributed by atoms with Crippen LogP contribution in [-0.2, 0) is 11.3 Å². The van der Waals surface area contributed by atoms with Crippen LogP contribution in [0.15, 0.2) is 18.2 Å². The highest BCUT2D eigenvalue weighted by Crippen LogP contribution is 2.19. The summed E-state index contributed by atoms with van der Waals surface area (Å²) < 4.78 is 18.5. The van der Waals surface area contributed by atoms with Gasteiger partial charge in [-0.2, -0.15) is 0 Å². The van der Waals surface area contributed by atoms with Gasteiger partial charge in [0.2, 0.25) is 0 Å². The van der Waals surface area contributed by atoms with Crippen LogP contribution in [0.25, 0.3) is 0 Å². The fourth-order valence-corrected chi connectivity index (χ4v) is 1.65. The van der Waals surface area contributed by atoms with Crippen molar-refractivity contribution in [3.8, 4) is 0 Å². The minimum Gasteiger partial charge on any atom is -0.381 e. The second kappa shape index (κ2) is 8.45. The quantitative estimate of drug-likeness (QED) is 0.723. The number of benzene rings is 1. The highest BCUT2D eigenvalue weighted by atomic mass is 35.5. The topological polar surface area (TPSA) is 21.3 Å². The summed E-state index contributed by atoms with van der Waals surface area (Å²) in [7, 11) is 0. The van der Waals surface area contributed by atoms with Gasteiger partial charge in [0.1, 0.15) is 5.82 Å². The zero-order valence-electron chi connectivity index (χ0n) is 10.1. The smallest absolute Gasteiger partial charge is 0.142 e. The fraction of sp³-hybridized carbons (Fsp3) is 0.538. The van der Waals surface area contributed by atoms with E-state index in [4.69, 9.17) is 16.3 Å². The summed E-state index contributed by atoms with van der Waals surface area (Å²) in [6.45, 7) is 5.10. The Kier molecular flexibility index (Phi) is 7.17. The summed E-state index contributed by atoms with van der Waals surface area (Å²) in [6, 6.07) is 4.86. The second-order valence-corrected chi connectivity index (χ2v) is 4.23. The Morgan fingerprint density at radius 3 is 2.94 bits per heavy atom. The molecule has 0 fully saturated rings. The molecule has 0 spiro atoms. The normalized spacial score (nSPS) is 10.8. The van der Waals surface area contributed by atoms with Crippen molar-refractivity contribution >= 4 is 11.6 Å². The SMILES string of the molecule is CCCOCCCNCc1cccc(F)c1Cl. The van der Waals surface area contributed by atoms with Gasteiger partial charge in [-0.3, -0.25) is 0 Å². The Hall–Kier alpha value is -0.640. The molecule has 0 bridgehead atoms. The summed E-state index contributed by atoms with van der Waals surface area (Å²) in [5.74, 6) is -0.364. The molecular weight excluding hydrogens is 241 g/mol. The molecule has 96 valence electrons. The Morgan fingerprint density at radius 1 is 1.35 bits per heavy atom. The highest BCUT2D eigenvalue weighted by molar-refractivity contribution is 6.31. The molecule has 0 saturated carbocycles. The minimum atomic E-state index is -0.364. The molecule has 0 aliphatic heterocycles. The molecule has 0 radical (unpaired) electrons. The van der Waals surface area contributed by atoms with E-state index in [0.29, 0.717) is 6.54 Å². The van der Waals surface area contributed by atoms with Crippen molar-refractivity contribution < 1.29 is 9.13 Å². The first-order chi connectivity index (χ1) is 8.25. The fourth-order valence-electron chi connectivity index (χ4n) is 1.45. The van der Waals surface area contributed by atoms with E-state index in [9.17, 15) is 4.39 Å². The number of rotatable bonds is 8. The van der Waals surface area contributed by atoms with Crippen molar-refractivity contribution in [1.82, 2.24) is 5.32 Å². The van der Waals surface area contributed by atoms with Gasteiger partial charge < -0.3 is 10.1 Å². The summed E-state index contributed by atoms with van der Waals surface area (Å²) in [4.78, 5) is 0. The van der Waals surface area contributed by atoms with Crippen LogP contribution in [0.1, 0.15) is 25.3 Å². The summed E-state index contributed by atoms with van der Waals surface area (Å²) in [5, 5.41) is 3.43. The van der Waals surface area contributed by atoms with Crippen LogP contribution in [0.4, 0.5) is 4.39 Å². The van der Waals surface area contributed by atoms with E-state index < -0.39 is 0 Å². The molecule has 0 unspecified atom stereocenters. The number of ether oxygens (including phenoxy) is 1. The zero-order valence-corrected chi connectivity index (χ0v) is 10.9. The Bertz CT molecular complexity index is 333. The standard InChI is InChI=1S/C13H19ClFNO/c1-2-8-17-9-4-7-16-10-11-5-3-6-12(15)13(11)14/h3,5-6,16H,2,4,7-10H2,1H3. The third-order valence-electron chi connectivity index (χ3n) is 2.34. The lowest BCUT2D eigenvalue weighted by atomic mass is 10.2. The third-order valence-corrected chi connectivity index (χ3v) is 2.76. The van der Waals surface area contributed by atoms with Gasteiger partial charge in [-0.05, 0) is 31.0 Å². The molecule has 0 aliphatic carbocycles. The van der Waals surface area contributed by atoms with Crippen molar-refractivity contribution in [2.75, 3.05) is 19.8 Å². The van der Waals surface area contributed by atoms with Gasteiger partial charge in [0, 0.05) is 19.8 Å². The van der Waals surface area contributed by atoms with E-state index in [1.165, 1.54) is 6.07 Å². The molecule has 0 aliphatic rings. The predicted octanol–water partition coefficient (Wildman–Crippen LogP) is 3.39. The Labute approximate surface area is 107 Å². The third kappa shape index (κ3) is 5.48. The maximum absolute atomic E-state index is 13.1. The Morgan fingerprint density at radius 2 is 2.18 bits per heavy atom. The molecule has 0 atom stereocenters. The number of hydrogen-bond acceptors (Lipinski definition) is 2. The monoisotopic (exact) mass is 259 g/mol. The summed E-state index contributed by atoms with van der Waals surface area (Å²) in [5.41, 5.74) is 0.793. The maximum atomic E-state index is 13.1. The number of halogens is 2. The van der Waals surface area contributed by atoms with E-state index in [1.54, 1.807) is 6.07 Å². The molecule has 1 rings (SSSR count). The maximum Gasteiger partial charge on any atom is 0.142 e. The van der Waals surface area contributed by atoms with Crippen molar-refractivity contribution in [2.24, 2.45) is 0 Å². The predicted molar refractivity (Wildman–Crippen MR) is 68.8 cm³/mol. The van der Waals surface area contributed by atoms with Crippen LogP contribution >= 0.6 is 11.6 Å². The van der Waals surface area contributed by atoms with Crippen molar-refractivity contribution in [3.63, 3.8) is 0 Å². The molecule has 1 aromatic carbocycles. The van der Waals surface area contributed by atoms with Crippen molar-refractivity contribution in [2.45, 2.75) is 26.3 Å². The van der Waals surface area contributed by atoms with Gasteiger partial charge in [-0.15, -0.1) is 0 Å². The van der Waals surface area contributed by atoms with Gasteiger partial charge >= 0.3 is 0 Å². The van der Waals surface area contributed by atoms with Gasteiger partial charge in [0.15, 0.2) is 0 Å². The zero-order chi connectivity index (χ0) is 12.5. The molecule has 2 nitrogen and oxygen atoms in total. The summed E-state index contributed by atoms with van der Waals surface area (Å²) in [6.07, 6.45) is 2.00. The Balaban J connectivity index is 2.16. The summed E-state index contributed by atoms with van der Waals surface area (Å²) >= 11 is 5.83. The number of nitrogens with one attached hydrogen (secondary N) is 1. The lowest BCUT2D eigenvalue weighted by Gasteiger charge is -2.07. The molecule has 1 N–H and O–H groups in total. The van der Waals surface area contributed by atoms with E-state index in [0.717, 1.165) is 38.2 Å². The van der Waals surface area contributed by atoms with Crippen LogP contribution in [0.3, 0.4) is 0 Å². The van der Waals surface area contributed by atoms with Crippen LogP contribution in [-0.4, -0.2) is 19.8 Å². The second-order valence-electron chi connectivity index (χ2n) is 3.86. The molecule has 0 saturated heterocycles. The number of hydrogen-bond donors (Lipinski definition) is 1. The van der Waals surface area contributed by atoms with E-state index >= 15 is 0 Å². The lowest BCUT2D eigenvalue weighted by Crippen LogP contribution is -2.16. The molecular formula is C13H19ClFNO. The van der Waals surface area contributed by atoms with Gasteiger partial charge in [0.05, 0.1) is 5.02 Å². The van der Waals surface area contributed by atoms with Crippen LogP contribution in [0, 0.1) is 5.82 Å². The van der Waals surface area contributed by atoms with E-state index in [-0.39, 0.29) is 10.8 Å². The van der Waals surface area contributed by atoms with Crippen molar-refractivity contribution in [1.29, 1.82) is 0 Å². The van der Waals surface area contributed by atoms with Crippen molar-refractivity contribution in [3.05, 3.63) is 34.6 Å². The first kappa shape index (κ1) is 14.4. The molecule has 0 amide bonds. The van der Waals surface area contributed by atoms with Gasteiger partial charge in [-0.25, -0.2) is 4.39 Å². The molecule has 0 heterocycles. The van der Waals surface area contributed by atoms with Crippen LogP contribution in [0.2, 0.25) is 5.02 Å². The van der Waals surface area contributed by atoms with Gasteiger partial charge in [-0.1, -0.05) is 30.7 Å². The molecule has 17 heavy (non-hydrogen) atoms. The average Bonchev–Trinajstić information content (AvgIpc) is 2.33. The van der Waals surface area contributed by atoms with Crippen LogP contribution in [0.5, 0.6) is 0 Å². The first-order valence-corrected chi connectivity index (χ1v) is 6.35. The van der Waals surface area contributed by atoms with E-state index in [1.807, 2.05) is 6.07 Å². The minimum absolute atomic E-state index is 0.210. The first-order valence-electron chi connectivity index (χ1n) is 5.97. The molecule has 4 heteroatoms. The molecule has 0 aromatic heterocycles. The lowest BCUT2D eigenvalue weighted by molar-refractivity contribution is 0.132. The molecule has 1 aromatic rings.